The quantitative estimate of drug-likeness (QED) is 0.439. The maximum absolute atomic E-state index is 11.9. The summed E-state index contributed by atoms with van der Waals surface area (Å²) in [7, 11) is 0. The van der Waals surface area contributed by atoms with Gasteiger partial charge in [0.05, 0.1) is 0 Å². The number of thiol groups is 1. The number of aliphatic carboxylic acids is 1. The molecule has 0 saturated carbocycles. The Hall–Kier alpha value is -2.27. The fraction of sp³-hybridized carbons (Fsp3) is 0.222. The van der Waals surface area contributed by atoms with Gasteiger partial charge >= 0.3 is 11.9 Å². The molecule has 23 heavy (non-hydrogen) atoms. The van der Waals surface area contributed by atoms with E-state index >= 15 is 0 Å². The Morgan fingerprint density at radius 1 is 1.17 bits per heavy atom. The zero-order valence-electron chi connectivity index (χ0n) is 12.6. The number of rotatable bonds is 4. The highest BCUT2D eigenvalue weighted by Crippen LogP contribution is 2.38. The topological polar surface area (TPSA) is 63.6 Å². The van der Waals surface area contributed by atoms with Crippen LogP contribution < -0.4 is 0 Å². The molecule has 5 heteroatoms. The summed E-state index contributed by atoms with van der Waals surface area (Å²) in [5, 5.41) is 9.00. The van der Waals surface area contributed by atoms with Gasteiger partial charge in [-0.2, -0.15) is 0 Å². The van der Waals surface area contributed by atoms with Crippen LogP contribution in [-0.4, -0.2) is 21.8 Å². The molecule has 0 spiro atoms. The van der Waals surface area contributed by atoms with E-state index in [1.807, 2.05) is 30.3 Å². The van der Waals surface area contributed by atoms with Crippen molar-refractivity contribution in [2.24, 2.45) is 0 Å². The number of hydrogen-bond acceptors (Lipinski definition) is 4. The lowest BCUT2D eigenvalue weighted by Gasteiger charge is -2.17. The Kier molecular flexibility index (Phi) is 3.90. The molecule has 118 valence electrons. The van der Waals surface area contributed by atoms with Crippen LogP contribution >= 0.6 is 12.6 Å². The Morgan fingerprint density at radius 2 is 1.87 bits per heavy atom. The van der Waals surface area contributed by atoms with Gasteiger partial charge in [-0.25, -0.2) is 4.79 Å². The summed E-state index contributed by atoms with van der Waals surface area (Å²) in [6, 6.07) is 14.0. The van der Waals surface area contributed by atoms with E-state index in [1.165, 1.54) is 18.1 Å². The number of esters is 1. The molecule has 1 N–H and O–H groups in total. The van der Waals surface area contributed by atoms with Crippen LogP contribution in [0.25, 0.3) is 11.1 Å². The number of fused-ring (bicyclic) bond motifs is 3. The number of hydrogen-bond donors (Lipinski definition) is 2. The summed E-state index contributed by atoms with van der Waals surface area (Å²) in [6.45, 7) is 1.26. The van der Waals surface area contributed by atoms with Crippen LogP contribution in [0, 0.1) is 0 Å². The first-order valence-electron chi connectivity index (χ1n) is 7.23. The zero-order valence-corrected chi connectivity index (χ0v) is 13.5. The summed E-state index contributed by atoms with van der Waals surface area (Å²) >= 11 is 3.87. The van der Waals surface area contributed by atoms with E-state index in [4.69, 9.17) is 9.84 Å². The average Bonchev–Trinajstić information content (AvgIpc) is 2.91. The zero-order chi connectivity index (χ0) is 16.6. The molecule has 1 unspecified atom stereocenters. The van der Waals surface area contributed by atoms with Gasteiger partial charge in [0, 0.05) is 0 Å². The van der Waals surface area contributed by atoms with Gasteiger partial charge < -0.3 is 9.84 Å². The van der Waals surface area contributed by atoms with E-state index < -0.39 is 16.7 Å². The largest absolute Gasteiger partial charge is 0.480 e. The molecule has 0 heterocycles. The predicted molar refractivity (Wildman–Crippen MR) is 89.5 cm³/mol. The second-order valence-corrected chi connectivity index (χ2v) is 6.63. The normalized spacial score (nSPS) is 14.5. The van der Waals surface area contributed by atoms with Crippen molar-refractivity contribution in [3.05, 3.63) is 59.2 Å². The number of carboxylic acid groups (broad SMARTS) is 1. The molecule has 3 rings (SSSR count). The lowest BCUT2D eigenvalue weighted by molar-refractivity contribution is -0.155. The molecule has 0 bridgehead atoms. The van der Waals surface area contributed by atoms with Gasteiger partial charge in [0.25, 0.3) is 0 Å². The maximum Gasteiger partial charge on any atom is 0.333 e. The van der Waals surface area contributed by atoms with Crippen molar-refractivity contribution in [3.8, 4) is 11.1 Å². The van der Waals surface area contributed by atoms with E-state index in [2.05, 4.69) is 24.8 Å². The number of carbonyl (C=O) groups is 2. The third kappa shape index (κ3) is 2.72. The highest BCUT2D eigenvalue weighted by atomic mass is 32.1. The van der Waals surface area contributed by atoms with Crippen LogP contribution in [-0.2, 0) is 27.4 Å². The summed E-state index contributed by atoms with van der Waals surface area (Å²) < 4.78 is 3.34. The van der Waals surface area contributed by atoms with E-state index in [0.717, 1.165) is 23.1 Å². The van der Waals surface area contributed by atoms with E-state index in [1.54, 1.807) is 0 Å². The highest BCUT2D eigenvalue weighted by Gasteiger charge is 2.39. The van der Waals surface area contributed by atoms with Crippen LogP contribution in [0.5, 0.6) is 0 Å². The highest BCUT2D eigenvalue weighted by molar-refractivity contribution is 7.83. The van der Waals surface area contributed by atoms with Gasteiger partial charge in [-0.3, -0.25) is 4.79 Å². The minimum Gasteiger partial charge on any atom is -0.480 e. The molecular weight excluding hydrogens is 312 g/mol. The second kappa shape index (κ2) is 5.74. The van der Waals surface area contributed by atoms with Gasteiger partial charge in [0.15, 0.2) is 0 Å². The molecule has 0 amide bonds. The molecule has 2 aromatic rings. The number of carbonyl (C=O) groups excluding carboxylic acids is 1. The van der Waals surface area contributed by atoms with E-state index in [9.17, 15) is 9.59 Å². The lowest BCUT2D eigenvalue weighted by atomic mass is 10.0. The third-order valence-electron chi connectivity index (χ3n) is 4.12. The average molecular weight is 328 g/mol. The molecule has 0 fully saturated rings. The number of carboxylic acids is 1. The molecule has 0 radical (unpaired) electrons. The molecule has 0 saturated heterocycles. The molecule has 0 aliphatic heterocycles. The first kappa shape index (κ1) is 15.6. The maximum atomic E-state index is 11.9. The Labute approximate surface area is 139 Å². The van der Waals surface area contributed by atoms with Crippen LogP contribution in [0.4, 0.5) is 0 Å². The summed E-state index contributed by atoms with van der Waals surface area (Å²) in [4.78, 5) is 23.0. The lowest BCUT2D eigenvalue weighted by Crippen LogP contribution is -2.39. The van der Waals surface area contributed by atoms with Crippen molar-refractivity contribution in [3.63, 3.8) is 0 Å². The molecule has 2 aromatic carbocycles. The first-order chi connectivity index (χ1) is 10.9. The van der Waals surface area contributed by atoms with Gasteiger partial charge in [0.2, 0.25) is 4.75 Å². The van der Waals surface area contributed by atoms with Gasteiger partial charge in [-0.1, -0.05) is 42.5 Å². The Morgan fingerprint density at radius 3 is 2.61 bits per heavy atom. The van der Waals surface area contributed by atoms with Crippen molar-refractivity contribution in [2.45, 2.75) is 24.7 Å². The predicted octanol–water partition coefficient (Wildman–Crippen LogP) is 3.07. The van der Waals surface area contributed by atoms with Crippen LogP contribution in [0.3, 0.4) is 0 Å². The van der Waals surface area contributed by atoms with Gasteiger partial charge in [-0.05, 0) is 41.2 Å². The van der Waals surface area contributed by atoms with Crippen LogP contribution in [0.2, 0.25) is 0 Å². The SMILES string of the molecule is CC(S)(C(=O)O)C(=O)OCc1cccc2c1Cc1ccccc1-2. The fourth-order valence-corrected chi connectivity index (χ4v) is 2.79. The first-order valence-corrected chi connectivity index (χ1v) is 7.68. The summed E-state index contributed by atoms with van der Waals surface area (Å²) in [6.07, 6.45) is 0.788. The third-order valence-corrected chi connectivity index (χ3v) is 4.49. The second-order valence-electron chi connectivity index (χ2n) is 5.73. The summed E-state index contributed by atoms with van der Waals surface area (Å²) in [5.41, 5.74) is 5.59. The van der Waals surface area contributed by atoms with Crippen molar-refractivity contribution in [1.82, 2.24) is 0 Å². The fourth-order valence-electron chi connectivity index (χ4n) is 2.73. The number of benzene rings is 2. The Balaban J connectivity index is 1.82. The summed E-state index contributed by atoms with van der Waals surface area (Å²) in [5.74, 6) is -2.18. The van der Waals surface area contributed by atoms with Crippen molar-refractivity contribution >= 4 is 24.6 Å². The molecule has 1 aliphatic rings. The van der Waals surface area contributed by atoms with Gasteiger partial charge in [-0.15, -0.1) is 12.6 Å². The molecule has 1 aliphatic carbocycles. The van der Waals surface area contributed by atoms with Crippen molar-refractivity contribution in [1.29, 1.82) is 0 Å². The van der Waals surface area contributed by atoms with Gasteiger partial charge in [0.1, 0.15) is 6.61 Å². The van der Waals surface area contributed by atoms with E-state index in [-0.39, 0.29) is 6.61 Å². The molecular formula is C18H16O4S. The standard InChI is InChI=1S/C18H16O4S/c1-18(23,16(19)20)17(21)22-10-12-6-4-8-14-13-7-3-2-5-11(13)9-15(12)14/h2-8,23H,9-10H2,1H3,(H,19,20). The minimum atomic E-state index is -1.85. The smallest absolute Gasteiger partial charge is 0.333 e. The monoisotopic (exact) mass is 328 g/mol. The van der Waals surface area contributed by atoms with Crippen molar-refractivity contribution in [2.75, 3.05) is 0 Å². The molecule has 0 aromatic heterocycles. The Bertz CT molecular complexity index is 795. The van der Waals surface area contributed by atoms with E-state index in [0.29, 0.717) is 0 Å². The van der Waals surface area contributed by atoms with Crippen LogP contribution in [0.1, 0.15) is 23.6 Å². The molecule has 4 nitrogen and oxygen atoms in total. The van der Waals surface area contributed by atoms with Crippen molar-refractivity contribution < 1.29 is 19.4 Å². The molecule has 1 atom stereocenters. The minimum absolute atomic E-state index is 0.0411. The number of ether oxygens (including phenoxy) is 1. The van der Waals surface area contributed by atoms with Crippen LogP contribution in [0.15, 0.2) is 42.5 Å².